The van der Waals surface area contributed by atoms with Crippen LogP contribution in [0.4, 0.5) is 5.82 Å². The summed E-state index contributed by atoms with van der Waals surface area (Å²) in [6.45, 7) is 5.79. The molecule has 31 heavy (non-hydrogen) atoms. The summed E-state index contributed by atoms with van der Waals surface area (Å²) in [5, 5.41) is 5.13. The third-order valence-corrected chi connectivity index (χ3v) is 5.49. The summed E-state index contributed by atoms with van der Waals surface area (Å²) >= 11 is 0. The highest BCUT2D eigenvalue weighted by molar-refractivity contribution is 6.05. The Hall–Kier alpha value is -3.55. The Morgan fingerprint density at radius 2 is 1.94 bits per heavy atom. The first-order valence-corrected chi connectivity index (χ1v) is 10.2. The van der Waals surface area contributed by atoms with Crippen molar-refractivity contribution in [1.29, 1.82) is 0 Å². The lowest BCUT2D eigenvalue weighted by atomic mass is 9.96. The number of benzene rings is 1. The Labute approximate surface area is 180 Å². The van der Waals surface area contributed by atoms with Gasteiger partial charge in [-0.05, 0) is 36.2 Å². The lowest BCUT2D eigenvalue weighted by Crippen LogP contribution is -2.52. The summed E-state index contributed by atoms with van der Waals surface area (Å²) in [7, 11) is 0. The van der Waals surface area contributed by atoms with Crippen LogP contribution in [-0.2, 0) is 20.9 Å². The number of aromatic nitrogens is 1. The zero-order valence-electron chi connectivity index (χ0n) is 17.7. The van der Waals surface area contributed by atoms with Gasteiger partial charge in [0.05, 0.1) is 5.69 Å². The molecule has 8 heteroatoms. The summed E-state index contributed by atoms with van der Waals surface area (Å²) in [6, 6.07) is 10.2. The van der Waals surface area contributed by atoms with Gasteiger partial charge in [0.2, 0.25) is 17.7 Å². The molecule has 4 amide bonds. The lowest BCUT2D eigenvalue weighted by Gasteiger charge is -2.29. The number of pyridine rings is 1. The van der Waals surface area contributed by atoms with Crippen LogP contribution in [0.2, 0.25) is 0 Å². The third kappa shape index (κ3) is 4.05. The summed E-state index contributed by atoms with van der Waals surface area (Å²) in [4.78, 5) is 54.8. The van der Waals surface area contributed by atoms with E-state index >= 15 is 0 Å². The molecule has 1 aromatic carbocycles. The minimum atomic E-state index is -0.643. The molecule has 0 saturated carbocycles. The van der Waals surface area contributed by atoms with Gasteiger partial charge in [-0.1, -0.05) is 32.9 Å². The van der Waals surface area contributed by atoms with E-state index in [0.29, 0.717) is 30.0 Å². The zero-order valence-corrected chi connectivity index (χ0v) is 17.7. The molecule has 1 saturated heterocycles. The van der Waals surface area contributed by atoms with Crippen LogP contribution in [0.25, 0.3) is 11.3 Å². The van der Waals surface area contributed by atoms with Crippen molar-refractivity contribution in [3.8, 4) is 11.3 Å². The second kappa shape index (κ2) is 7.61. The van der Waals surface area contributed by atoms with Crippen LogP contribution in [0.15, 0.2) is 36.4 Å². The van der Waals surface area contributed by atoms with Crippen LogP contribution in [-0.4, -0.2) is 39.6 Å². The molecular formula is C23H24N4O4. The molecule has 1 aromatic heterocycles. The first-order chi connectivity index (χ1) is 14.6. The average Bonchev–Trinajstić information content (AvgIpc) is 3.03. The molecule has 4 rings (SSSR count). The van der Waals surface area contributed by atoms with Crippen molar-refractivity contribution >= 4 is 29.4 Å². The Bertz CT molecular complexity index is 1100. The van der Waals surface area contributed by atoms with Crippen molar-refractivity contribution in [3.63, 3.8) is 0 Å². The van der Waals surface area contributed by atoms with Crippen LogP contribution in [0.1, 0.15) is 49.5 Å². The number of hydrogen-bond donors (Lipinski definition) is 2. The Morgan fingerprint density at radius 1 is 1.16 bits per heavy atom. The van der Waals surface area contributed by atoms with E-state index in [-0.39, 0.29) is 24.1 Å². The van der Waals surface area contributed by atoms with E-state index < -0.39 is 17.4 Å². The van der Waals surface area contributed by atoms with Gasteiger partial charge in [0, 0.05) is 29.5 Å². The first kappa shape index (κ1) is 20.7. The van der Waals surface area contributed by atoms with E-state index in [0.717, 1.165) is 11.1 Å². The van der Waals surface area contributed by atoms with E-state index in [1.54, 1.807) is 12.1 Å². The minimum Gasteiger partial charge on any atom is -0.322 e. The molecule has 2 N–H and O–H groups in total. The number of imide groups is 1. The molecule has 0 spiro atoms. The van der Waals surface area contributed by atoms with Crippen LogP contribution in [0.5, 0.6) is 0 Å². The Balaban J connectivity index is 1.56. The van der Waals surface area contributed by atoms with Crippen LogP contribution >= 0.6 is 0 Å². The van der Waals surface area contributed by atoms with E-state index in [1.165, 1.54) is 4.90 Å². The van der Waals surface area contributed by atoms with Crippen molar-refractivity contribution in [3.05, 3.63) is 47.5 Å². The topological polar surface area (TPSA) is 108 Å². The minimum absolute atomic E-state index is 0.128. The number of nitrogens with zero attached hydrogens (tertiary/aromatic N) is 2. The maximum absolute atomic E-state index is 12.8. The molecule has 8 nitrogen and oxygen atoms in total. The highest BCUT2D eigenvalue weighted by Gasteiger charge is 2.39. The first-order valence-electron chi connectivity index (χ1n) is 10.2. The maximum Gasteiger partial charge on any atom is 0.255 e. The summed E-state index contributed by atoms with van der Waals surface area (Å²) in [6.07, 6.45) is 0.549. The summed E-state index contributed by atoms with van der Waals surface area (Å²) in [5.41, 5.74) is 2.29. The number of nitrogens with one attached hydrogen (secondary N) is 2. The number of fused-ring (bicyclic) bond motifs is 1. The largest absolute Gasteiger partial charge is 0.322 e. The third-order valence-electron chi connectivity index (χ3n) is 5.49. The molecule has 3 heterocycles. The number of rotatable bonds is 3. The molecule has 1 unspecified atom stereocenters. The smallest absolute Gasteiger partial charge is 0.255 e. The van der Waals surface area contributed by atoms with Gasteiger partial charge in [0.15, 0.2) is 0 Å². The molecule has 0 radical (unpaired) electrons. The highest BCUT2D eigenvalue weighted by atomic mass is 16.2. The van der Waals surface area contributed by atoms with Crippen LogP contribution in [0.3, 0.4) is 0 Å². The second-order valence-electron chi connectivity index (χ2n) is 8.88. The molecule has 160 valence electrons. The van der Waals surface area contributed by atoms with Crippen LogP contribution in [0, 0.1) is 5.41 Å². The molecule has 2 aliphatic rings. The van der Waals surface area contributed by atoms with Gasteiger partial charge in [0.1, 0.15) is 11.9 Å². The fraction of sp³-hybridized carbons (Fsp3) is 0.348. The number of hydrogen-bond acceptors (Lipinski definition) is 5. The van der Waals surface area contributed by atoms with Gasteiger partial charge in [-0.2, -0.15) is 0 Å². The van der Waals surface area contributed by atoms with Gasteiger partial charge in [-0.25, -0.2) is 4.98 Å². The molecular weight excluding hydrogens is 396 g/mol. The summed E-state index contributed by atoms with van der Waals surface area (Å²) in [5.74, 6) is -0.621. The molecule has 0 bridgehead atoms. The van der Waals surface area contributed by atoms with Crippen LogP contribution < -0.4 is 10.6 Å². The molecule has 1 fully saturated rings. The van der Waals surface area contributed by atoms with Gasteiger partial charge in [-0.15, -0.1) is 0 Å². The molecule has 0 aliphatic carbocycles. The fourth-order valence-corrected chi connectivity index (χ4v) is 3.70. The quantitative estimate of drug-likeness (QED) is 0.742. The van der Waals surface area contributed by atoms with Crippen molar-refractivity contribution in [2.45, 2.75) is 46.2 Å². The fourth-order valence-electron chi connectivity index (χ4n) is 3.70. The zero-order chi connectivity index (χ0) is 22.3. The number of piperidine rings is 1. The van der Waals surface area contributed by atoms with E-state index in [2.05, 4.69) is 15.6 Å². The molecule has 1 atom stereocenters. The lowest BCUT2D eigenvalue weighted by molar-refractivity contribution is -0.137. The Kier molecular flexibility index (Phi) is 5.08. The Morgan fingerprint density at radius 3 is 2.65 bits per heavy atom. The summed E-state index contributed by atoms with van der Waals surface area (Å²) < 4.78 is 0. The van der Waals surface area contributed by atoms with Gasteiger partial charge < -0.3 is 10.2 Å². The van der Waals surface area contributed by atoms with E-state index in [1.807, 2.05) is 45.0 Å². The van der Waals surface area contributed by atoms with Gasteiger partial charge in [0.25, 0.3) is 5.91 Å². The monoisotopic (exact) mass is 420 g/mol. The second-order valence-corrected chi connectivity index (χ2v) is 8.88. The van der Waals surface area contributed by atoms with Crippen molar-refractivity contribution in [2.24, 2.45) is 5.41 Å². The number of amides is 4. The predicted molar refractivity (Wildman–Crippen MR) is 114 cm³/mol. The number of carbonyl (C=O) groups is 4. The number of anilines is 1. The normalized spacial score (nSPS) is 18.6. The number of carbonyl (C=O) groups excluding carboxylic acids is 4. The van der Waals surface area contributed by atoms with E-state index in [4.69, 9.17) is 0 Å². The van der Waals surface area contributed by atoms with Gasteiger partial charge in [-0.3, -0.25) is 24.5 Å². The maximum atomic E-state index is 12.8. The SMILES string of the molecule is CC(C)(C)C(=O)Nc1cccc(-c2ccc3c(c2)CN(C2CCC(=O)NC2=O)C3=O)n1. The van der Waals surface area contributed by atoms with Gasteiger partial charge >= 0.3 is 0 Å². The van der Waals surface area contributed by atoms with Crippen molar-refractivity contribution in [1.82, 2.24) is 15.2 Å². The standard InChI is InChI=1S/C23H24N4O4/c1-23(2,3)22(31)25-18-6-4-5-16(24-18)13-7-8-15-14(11-13)12-27(21(15)30)17-9-10-19(28)26-20(17)29/h4-8,11,17H,9-10,12H2,1-3H3,(H,24,25,31)(H,26,28,29). The molecule has 2 aliphatic heterocycles. The predicted octanol–water partition coefficient (Wildman–Crippen LogP) is 2.49. The van der Waals surface area contributed by atoms with E-state index in [9.17, 15) is 19.2 Å². The van der Waals surface area contributed by atoms with Crippen molar-refractivity contribution in [2.75, 3.05) is 5.32 Å². The van der Waals surface area contributed by atoms with Crippen molar-refractivity contribution < 1.29 is 19.2 Å². The molecule has 2 aromatic rings. The average molecular weight is 420 g/mol. The highest BCUT2D eigenvalue weighted by Crippen LogP contribution is 2.31.